The van der Waals surface area contributed by atoms with Crippen molar-refractivity contribution in [3.8, 4) is 0 Å². The van der Waals surface area contributed by atoms with Crippen LogP contribution in [0.5, 0.6) is 0 Å². The van der Waals surface area contributed by atoms with Gasteiger partial charge in [-0.25, -0.2) is 13.4 Å². The number of fused-ring (bicyclic) bond motifs is 1. The molecule has 3 aromatic rings. The maximum absolute atomic E-state index is 12.5. The van der Waals surface area contributed by atoms with E-state index < -0.39 is 10.0 Å². The van der Waals surface area contributed by atoms with Crippen LogP contribution >= 0.6 is 23.4 Å². The fraction of sp³-hybridized carbons (Fsp3) is 0.300. The Kier molecular flexibility index (Phi) is 6.60. The zero-order valence-electron chi connectivity index (χ0n) is 16.0. The number of thioether (sulfide) groups is 1. The Morgan fingerprint density at radius 3 is 2.46 bits per heavy atom. The van der Waals surface area contributed by atoms with Crippen molar-refractivity contribution >= 4 is 44.3 Å². The Balaban J connectivity index is 1.79. The minimum absolute atomic E-state index is 0.207. The topological polar surface area (TPSA) is 63.2 Å². The van der Waals surface area contributed by atoms with Gasteiger partial charge in [0, 0.05) is 30.4 Å². The lowest BCUT2D eigenvalue weighted by Gasteiger charge is -2.18. The van der Waals surface area contributed by atoms with E-state index in [0.29, 0.717) is 23.9 Å². The molecule has 0 radical (unpaired) electrons. The van der Waals surface area contributed by atoms with Crippen molar-refractivity contribution in [1.29, 1.82) is 0 Å². The highest BCUT2D eigenvalue weighted by atomic mass is 35.5. The maximum atomic E-state index is 12.5. The molecule has 2 aromatic heterocycles. The summed E-state index contributed by atoms with van der Waals surface area (Å²) >= 11 is 7.99. The number of aromatic nitrogens is 2. The first-order chi connectivity index (χ1) is 13.4. The van der Waals surface area contributed by atoms with E-state index in [1.54, 1.807) is 12.1 Å². The lowest BCUT2D eigenvalue weighted by atomic mass is 10.1. The van der Waals surface area contributed by atoms with E-state index in [2.05, 4.69) is 9.97 Å². The number of pyridine rings is 2. The monoisotopic (exact) mass is 435 g/mol. The van der Waals surface area contributed by atoms with Crippen molar-refractivity contribution < 1.29 is 8.42 Å². The summed E-state index contributed by atoms with van der Waals surface area (Å²) in [5.74, 6) is 0.555. The summed E-state index contributed by atoms with van der Waals surface area (Å²) in [5.41, 5.74) is 2.72. The van der Waals surface area contributed by atoms with Gasteiger partial charge in [-0.15, -0.1) is 0 Å². The predicted octanol–water partition coefficient (Wildman–Crippen LogP) is 4.91. The fourth-order valence-electron chi connectivity index (χ4n) is 2.97. The van der Waals surface area contributed by atoms with Gasteiger partial charge in [-0.2, -0.15) is 4.31 Å². The molecular formula is C20H22ClN3O2S2. The molecule has 0 N–H and O–H groups in total. The van der Waals surface area contributed by atoms with Crippen LogP contribution in [-0.4, -0.2) is 35.8 Å². The van der Waals surface area contributed by atoms with Crippen LogP contribution in [0.3, 0.4) is 0 Å². The maximum Gasteiger partial charge on any atom is 0.244 e. The van der Waals surface area contributed by atoms with Gasteiger partial charge in [-0.05, 0) is 30.7 Å². The van der Waals surface area contributed by atoms with Crippen molar-refractivity contribution in [2.75, 3.05) is 13.1 Å². The number of halogens is 1. The van der Waals surface area contributed by atoms with E-state index in [1.165, 1.54) is 22.3 Å². The largest absolute Gasteiger partial charge is 0.250 e. The molecule has 5 nitrogen and oxygen atoms in total. The lowest BCUT2D eigenvalue weighted by molar-refractivity contribution is 0.445. The Bertz CT molecular complexity index is 1080. The van der Waals surface area contributed by atoms with Crippen LogP contribution in [0, 0.1) is 6.92 Å². The van der Waals surface area contributed by atoms with Gasteiger partial charge < -0.3 is 0 Å². The van der Waals surface area contributed by atoms with Crippen molar-refractivity contribution in [3.05, 3.63) is 58.9 Å². The number of aryl methyl sites for hydroxylation is 1. The second-order valence-corrected chi connectivity index (χ2v) is 9.54. The van der Waals surface area contributed by atoms with Gasteiger partial charge >= 0.3 is 0 Å². The van der Waals surface area contributed by atoms with Gasteiger partial charge in [0.2, 0.25) is 10.0 Å². The number of hydrogen-bond donors (Lipinski definition) is 0. The molecule has 0 saturated carbocycles. The van der Waals surface area contributed by atoms with Crippen LogP contribution in [0.25, 0.3) is 10.9 Å². The molecule has 28 heavy (non-hydrogen) atoms. The van der Waals surface area contributed by atoms with E-state index in [4.69, 9.17) is 11.6 Å². The predicted molar refractivity (Wildman–Crippen MR) is 115 cm³/mol. The average molecular weight is 436 g/mol. The number of nitrogens with zero attached hydrogens (tertiary/aromatic N) is 3. The smallest absolute Gasteiger partial charge is 0.244 e. The van der Waals surface area contributed by atoms with E-state index in [1.807, 2.05) is 45.0 Å². The molecular weight excluding hydrogens is 414 g/mol. The third kappa shape index (κ3) is 4.17. The van der Waals surface area contributed by atoms with Crippen LogP contribution < -0.4 is 0 Å². The Morgan fingerprint density at radius 1 is 1.11 bits per heavy atom. The molecule has 0 aliphatic heterocycles. The molecule has 0 aliphatic rings. The van der Waals surface area contributed by atoms with E-state index in [0.717, 1.165) is 27.2 Å². The number of hydrogen-bond acceptors (Lipinski definition) is 5. The lowest BCUT2D eigenvalue weighted by Crippen LogP contribution is -2.30. The normalized spacial score (nSPS) is 12.0. The molecule has 8 heteroatoms. The number of para-hydroxylation sites is 1. The Labute approximate surface area is 175 Å². The number of rotatable bonds is 7. The first-order valence-electron chi connectivity index (χ1n) is 9.01. The van der Waals surface area contributed by atoms with Crippen LogP contribution in [-0.2, 0) is 15.8 Å². The second-order valence-electron chi connectivity index (χ2n) is 6.22. The van der Waals surface area contributed by atoms with Crippen LogP contribution in [0.2, 0.25) is 5.02 Å². The number of benzene rings is 1. The molecule has 0 unspecified atom stereocenters. The van der Waals surface area contributed by atoms with Gasteiger partial charge in [-0.3, -0.25) is 4.98 Å². The van der Waals surface area contributed by atoms with E-state index in [9.17, 15) is 8.42 Å². The van der Waals surface area contributed by atoms with Crippen molar-refractivity contribution in [2.45, 2.75) is 36.4 Å². The minimum Gasteiger partial charge on any atom is -0.250 e. The van der Waals surface area contributed by atoms with Crippen LogP contribution in [0.15, 0.2) is 52.5 Å². The summed E-state index contributed by atoms with van der Waals surface area (Å²) in [7, 11) is -3.49. The zero-order chi connectivity index (χ0) is 20.3. The van der Waals surface area contributed by atoms with Crippen LogP contribution in [0.1, 0.15) is 25.1 Å². The Morgan fingerprint density at radius 2 is 1.82 bits per heavy atom. The van der Waals surface area contributed by atoms with Crippen LogP contribution in [0.4, 0.5) is 0 Å². The third-order valence-corrected chi connectivity index (χ3v) is 8.05. The van der Waals surface area contributed by atoms with Gasteiger partial charge in [-0.1, -0.05) is 55.4 Å². The third-order valence-electron chi connectivity index (χ3n) is 4.56. The standard InChI is InChI=1S/C20H22ClN3O2S2/c1-4-24(5-2)28(25,26)15-10-11-19(22-12-15)27-13-18-20(21)14(3)16-8-6-7-9-17(16)23-18/h6-12H,4-5,13H2,1-3H3. The van der Waals surface area contributed by atoms with Gasteiger partial charge in [0.1, 0.15) is 4.90 Å². The van der Waals surface area contributed by atoms with Gasteiger partial charge in [0.25, 0.3) is 0 Å². The quantitative estimate of drug-likeness (QED) is 0.493. The molecule has 1 aromatic carbocycles. The zero-order valence-corrected chi connectivity index (χ0v) is 18.4. The van der Waals surface area contributed by atoms with Gasteiger partial charge in [0.05, 0.1) is 21.3 Å². The number of sulfonamides is 1. The Hall–Kier alpha value is -1.67. The van der Waals surface area contributed by atoms with Crippen molar-refractivity contribution in [3.63, 3.8) is 0 Å². The molecule has 148 valence electrons. The summed E-state index contributed by atoms with van der Waals surface area (Å²) < 4.78 is 26.5. The highest BCUT2D eigenvalue weighted by Crippen LogP contribution is 2.31. The van der Waals surface area contributed by atoms with Crippen molar-refractivity contribution in [1.82, 2.24) is 14.3 Å². The minimum atomic E-state index is -3.49. The summed E-state index contributed by atoms with van der Waals surface area (Å²) in [6.45, 7) is 6.50. The highest BCUT2D eigenvalue weighted by Gasteiger charge is 2.21. The average Bonchev–Trinajstić information content (AvgIpc) is 2.70. The van der Waals surface area contributed by atoms with Gasteiger partial charge in [0.15, 0.2) is 0 Å². The molecule has 0 bridgehead atoms. The molecule has 0 aliphatic carbocycles. The van der Waals surface area contributed by atoms with E-state index >= 15 is 0 Å². The molecule has 3 rings (SSSR count). The molecule has 0 atom stereocenters. The summed E-state index contributed by atoms with van der Waals surface area (Å²) in [5, 5.41) is 2.43. The highest BCUT2D eigenvalue weighted by molar-refractivity contribution is 7.98. The molecule has 0 spiro atoms. The summed E-state index contributed by atoms with van der Waals surface area (Å²) in [6.07, 6.45) is 1.41. The molecule has 0 fully saturated rings. The fourth-order valence-corrected chi connectivity index (χ4v) is 5.45. The first-order valence-corrected chi connectivity index (χ1v) is 11.8. The SMILES string of the molecule is CCN(CC)S(=O)(=O)c1ccc(SCc2nc3ccccc3c(C)c2Cl)nc1. The second kappa shape index (κ2) is 8.78. The van der Waals surface area contributed by atoms with Crippen molar-refractivity contribution in [2.24, 2.45) is 0 Å². The summed E-state index contributed by atoms with van der Waals surface area (Å²) in [6, 6.07) is 11.2. The van der Waals surface area contributed by atoms with E-state index in [-0.39, 0.29) is 4.90 Å². The molecule has 0 saturated heterocycles. The first kappa shape index (κ1) is 21.0. The molecule has 0 amide bonds. The summed E-state index contributed by atoms with van der Waals surface area (Å²) in [4.78, 5) is 9.19. The molecule has 2 heterocycles.